The number of fused-ring (bicyclic) bond motifs is 2. The molecule has 29 nitrogen and oxygen atoms in total. The van der Waals surface area contributed by atoms with E-state index in [1.807, 2.05) is 13.8 Å². The van der Waals surface area contributed by atoms with Gasteiger partial charge >= 0.3 is 16.5 Å². The van der Waals surface area contributed by atoms with E-state index in [4.69, 9.17) is 4.74 Å². The van der Waals surface area contributed by atoms with Crippen LogP contribution in [0.4, 0.5) is 4.79 Å². The van der Waals surface area contributed by atoms with Gasteiger partial charge in [-0.3, -0.25) is 38.1 Å². The Hall–Kier alpha value is -5.99. The Morgan fingerprint density at radius 1 is 0.813 bits per heavy atom. The first kappa shape index (κ1) is 61.6. The monoisotopic (exact) mass is 1090 g/mol. The first-order valence-electron chi connectivity index (χ1n) is 24.1. The average Bonchev–Trinajstić information content (AvgIpc) is 3.83. The van der Waals surface area contributed by atoms with E-state index in [-0.39, 0.29) is 24.7 Å². The number of amides is 8. The van der Waals surface area contributed by atoms with Gasteiger partial charge in [-0.2, -0.15) is 8.42 Å². The molecule has 1 unspecified atom stereocenters. The minimum absolute atomic E-state index is 0.0326. The molecular formula is C45H71N9O20S. The molecule has 13 atom stereocenters. The van der Waals surface area contributed by atoms with Gasteiger partial charge in [0.1, 0.15) is 41.9 Å². The fraction of sp³-hybridized carbons (Fsp3) is 0.689. The van der Waals surface area contributed by atoms with Gasteiger partial charge in [-0.1, -0.05) is 26.8 Å². The molecule has 0 radical (unpaired) electrons. The third-order valence-electron chi connectivity index (χ3n) is 12.2. The number of rotatable bonds is 14. The van der Waals surface area contributed by atoms with Crippen molar-refractivity contribution in [2.45, 2.75) is 159 Å². The van der Waals surface area contributed by atoms with Crippen LogP contribution in [0, 0.1) is 5.92 Å². The fourth-order valence-corrected chi connectivity index (χ4v) is 8.90. The predicted molar refractivity (Wildman–Crippen MR) is 258 cm³/mol. The van der Waals surface area contributed by atoms with Crippen LogP contribution >= 0.6 is 0 Å². The van der Waals surface area contributed by atoms with Gasteiger partial charge in [0, 0.05) is 63.9 Å². The van der Waals surface area contributed by atoms with Crippen LogP contribution in [0.25, 0.3) is 0 Å². The summed E-state index contributed by atoms with van der Waals surface area (Å²) < 4.78 is 42.0. The Morgan fingerprint density at radius 3 is 2.05 bits per heavy atom. The van der Waals surface area contributed by atoms with Gasteiger partial charge in [0.05, 0.1) is 43.0 Å². The van der Waals surface area contributed by atoms with Crippen LogP contribution in [0.1, 0.15) is 73.3 Å². The summed E-state index contributed by atoms with van der Waals surface area (Å²) in [6, 6.07) is -8.92. The van der Waals surface area contributed by atoms with E-state index < -0.39 is 199 Å². The number of alkyl carbamates (subject to hydrolysis) is 1. The quantitative estimate of drug-likeness (QED) is 0.0609. The number of nitrogens with zero attached hydrogens (tertiary/aromatic N) is 2. The Balaban J connectivity index is 1.87. The summed E-state index contributed by atoms with van der Waals surface area (Å²) in [5, 5.41) is 95.1. The van der Waals surface area contributed by atoms with Gasteiger partial charge in [-0.15, -0.1) is 0 Å². The lowest BCUT2D eigenvalue weighted by Gasteiger charge is -2.34. The molecule has 3 saturated heterocycles. The SMILES string of the molecule is CC(C)NCCNC(=O)C[C@@H](O)[C@@H]1NC(=O)[C@H]([C@H](O)Cc2ccc(O)c(OS(=O)(=O)O)c2)NC(=O)[C@@H]2C[C@@H](O)CN2C(=O)C([C@@H](C)O)NC(=O)[C@@H](NC(=O)OC(C)(C)C)C[C@@H](O)CNC(=O)[C@@H]2[C@@H](O)[C@@H](C)CN2C1=O. The molecule has 15 N–H and O–H groups in total. The number of β-amino-alcohol motifs (C(OH)–C–C–N with tert-alkyl or cyclic N) is 1. The maximum absolute atomic E-state index is 14.8. The molecular weight excluding hydrogens is 1020 g/mol. The molecule has 3 aliphatic heterocycles. The van der Waals surface area contributed by atoms with Gasteiger partial charge in [0.15, 0.2) is 11.5 Å². The number of aliphatic hydroxyl groups is 6. The fourth-order valence-electron chi connectivity index (χ4n) is 8.54. The van der Waals surface area contributed by atoms with E-state index >= 15 is 0 Å². The number of aliphatic hydroxyl groups excluding tert-OH is 6. The third kappa shape index (κ3) is 17.8. The molecule has 422 valence electrons. The van der Waals surface area contributed by atoms with Crippen LogP contribution in [0.2, 0.25) is 0 Å². The highest BCUT2D eigenvalue weighted by Crippen LogP contribution is 2.30. The van der Waals surface area contributed by atoms with E-state index in [1.165, 1.54) is 27.7 Å². The number of phenolic OH excluding ortho intramolecular Hbond substituents is 1. The zero-order valence-corrected chi connectivity index (χ0v) is 43.3. The number of hydrogen-bond donors (Lipinski definition) is 15. The Bertz CT molecular complexity index is 2350. The van der Waals surface area contributed by atoms with Crippen molar-refractivity contribution in [1.29, 1.82) is 0 Å². The largest absolute Gasteiger partial charge is 0.504 e. The van der Waals surface area contributed by atoms with Gasteiger partial charge in [-0.25, -0.2) is 4.79 Å². The maximum atomic E-state index is 14.8. The zero-order valence-electron chi connectivity index (χ0n) is 42.5. The highest BCUT2D eigenvalue weighted by atomic mass is 32.3. The van der Waals surface area contributed by atoms with Crippen molar-refractivity contribution in [3.05, 3.63) is 23.8 Å². The summed E-state index contributed by atoms with van der Waals surface area (Å²) in [6.45, 7) is 9.37. The minimum Gasteiger partial charge on any atom is -0.504 e. The second-order valence-corrected chi connectivity index (χ2v) is 21.2. The number of hydrogen-bond acceptors (Lipinski definition) is 20. The number of phenols is 1. The zero-order chi connectivity index (χ0) is 56.4. The highest BCUT2D eigenvalue weighted by molar-refractivity contribution is 7.81. The first-order chi connectivity index (χ1) is 34.8. The van der Waals surface area contributed by atoms with E-state index in [2.05, 4.69) is 41.4 Å². The Labute approximate surface area is 432 Å². The minimum atomic E-state index is -5.23. The number of ether oxygens (including phenoxy) is 1. The van der Waals surface area contributed by atoms with Gasteiger partial charge < -0.3 is 91.7 Å². The number of nitrogens with one attached hydrogen (secondary N) is 7. The number of aromatic hydroxyl groups is 1. The number of carbonyl (C=O) groups excluding carboxylic acids is 8. The third-order valence-corrected chi connectivity index (χ3v) is 12.6. The molecule has 0 aliphatic carbocycles. The van der Waals surface area contributed by atoms with Crippen LogP contribution in [0.3, 0.4) is 0 Å². The van der Waals surface area contributed by atoms with Crippen molar-refractivity contribution in [2.24, 2.45) is 5.92 Å². The summed E-state index contributed by atoms with van der Waals surface area (Å²) in [4.78, 5) is 114. The topological polar surface area (TPSA) is 442 Å². The van der Waals surface area contributed by atoms with Gasteiger partial charge in [0.2, 0.25) is 41.4 Å². The lowest BCUT2D eigenvalue weighted by atomic mass is 9.98. The standard InChI is InChI=1S/C45H71N9O20S/c1-20(2)46-10-11-47-32(61)16-30(60)35-43(68)54-18-21(3)37(62)36(54)41(66)48-17-24(56)14-26(49-44(69)73-45(5,6)7)38(63)50-33(22(4)55)42(67)53-19-25(57)15-27(53)39(64)51-34(40(65)52-35)29(59)12-23-8-9-28(58)31(13-23)74-75(70,71)72/h8-9,13,20-22,24-27,29-30,33-37,46,55-60,62H,10-12,14-19H2,1-7H3,(H,47,61)(H,48,66)(H,49,69)(H,50,63)(H,51,64)(H,52,65)(H,70,71,72)/t21-,22+,24+,25+,26-,27-,29+,30+,33?,34-,35-,36-,37-/m0/s1. The normalized spacial score (nSPS) is 28.1. The van der Waals surface area contributed by atoms with Crippen molar-refractivity contribution in [1.82, 2.24) is 47.0 Å². The van der Waals surface area contributed by atoms with Crippen LogP contribution in [-0.2, 0) is 55.1 Å². The Kier molecular flexibility index (Phi) is 21.5. The number of benzene rings is 1. The summed E-state index contributed by atoms with van der Waals surface area (Å²) in [7, 11) is -5.23. The second kappa shape index (κ2) is 26.2. The van der Waals surface area contributed by atoms with Crippen LogP contribution in [0.15, 0.2) is 18.2 Å². The summed E-state index contributed by atoms with van der Waals surface area (Å²) in [6.07, 6.45) is -14.9. The van der Waals surface area contributed by atoms with Crippen molar-refractivity contribution in [3.63, 3.8) is 0 Å². The maximum Gasteiger partial charge on any atom is 0.446 e. The van der Waals surface area contributed by atoms with Crippen molar-refractivity contribution < 1.29 is 96.0 Å². The van der Waals surface area contributed by atoms with Crippen LogP contribution < -0.4 is 41.4 Å². The molecule has 3 aliphatic rings. The molecule has 3 fully saturated rings. The molecule has 4 rings (SSSR count). The van der Waals surface area contributed by atoms with Crippen molar-refractivity contribution in [3.8, 4) is 11.5 Å². The summed E-state index contributed by atoms with van der Waals surface area (Å²) >= 11 is 0. The van der Waals surface area contributed by atoms with Crippen LogP contribution in [-0.4, -0.2) is 223 Å². The van der Waals surface area contributed by atoms with E-state index in [0.29, 0.717) is 0 Å². The van der Waals surface area contributed by atoms with E-state index in [9.17, 15) is 87.1 Å². The van der Waals surface area contributed by atoms with E-state index in [1.54, 1.807) is 0 Å². The number of carbonyl (C=O) groups is 8. The average molecular weight is 1090 g/mol. The van der Waals surface area contributed by atoms with Crippen molar-refractivity contribution >= 4 is 57.8 Å². The molecule has 8 amide bonds. The molecule has 1 aromatic rings. The Morgan fingerprint density at radius 2 is 1.44 bits per heavy atom. The molecule has 1 aromatic carbocycles. The molecule has 3 heterocycles. The molecule has 30 heteroatoms. The molecule has 75 heavy (non-hydrogen) atoms. The second-order valence-electron chi connectivity index (χ2n) is 20.1. The molecule has 0 bridgehead atoms. The van der Waals surface area contributed by atoms with Crippen LogP contribution in [0.5, 0.6) is 11.5 Å². The van der Waals surface area contributed by atoms with Gasteiger partial charge in [-0.05, 0) is 45.4 Å². The van der Waals surface area contributed by atoms with E-state index in [0.717, 1.165) is 34.9 Å². The summed E-state index contributed by atoms with van der Waals surface area (Å²) in [5.74, 6) is -10.9. The smallest absolute Gasteiger partial charge is 0.446 e. The molecule has 0 aromatic heterocycles. The highest BCUT2D eigenvalue weighted by Gasteiger charge is 2.50. The van der Waals surface area contributed by atoms with Gasteiger partial charge in [0.25, 0.3) is 0 Å². The molecule has 0 saturated carbocycles. The lowest BCUT2D eigenvalue weighted by Crippen LogP contribution is -2.64. The molecule has 0 spiro atoms. The van der Waals surface area contributed by atoms with Crippen molar-refractivity contribution in [2.75, 3.05) is 32.7 Å². The predicted octanol–water partition coefficient (Wildman–Crippen LogP) is -5.88. The lowest BCUT2D eigenvalue weighted by molar-refractivity contribution is -0.147. The first-order valence-corrected chi connectivity index (χ1v) is 25.5. The summed E-state index contributed by atoms with van der Waals surface area (Å²) in [5.41, 5.74) is -1.23.